The van der Waals surface area contributed by atoms with Gasteiger partial charge in [0.1, 0.15) is 23.6 Å². The molecule has 1 saturated heterocycles. The Bertz CT molecular complexity index is 3470. The molecule has 0 unspecified atom stereocenters. The summed E-state index contributed by atoms with van der Waals surface area (Å²) in [5, 5.41) is 76.1. The maximum absolute atomic E-state index is 16.3. The first-order chi connectivity index (χ1) is 43.1. The Balaban J connectivity index is 0.853. The zero-order chi connectivity index (χ0) is 60.4. The molecule has 6 N–H and O–H groups in total. The fourth-order valence-electron chi connectivity index (χ4n) is 28.3. The number of hydrogen-bond donors (Lipinski definition) is 6. The van der Waals surface area contributed by atoms with Gasteiger partial charge in [-0.25, -0.2) is 4.79 Å². The van der Waals surface area contributed by atoms with E-state index in [1.807, 2.05) is 19.2 Å². The molecule has 26 atom stereocenters. The van der Waals surface area contributed by atoms with Crippen LogP contribution in [0.25, 0.3) is 0 Å². The number of ether oxygens (including phenoxy) is 2. The van der Waals surface area contributed by atoms with Crippen molar-refractivity contribution >= 4 is 12.3 Å². The molecule has 0 aromatic heterocycles. The minimum atomic E-state index is -2.23. The molecule has 12 fully saturated rings. The zero-order valence-corrected chi connectivity index (χ0v) is 52.8. The molecular formula is C79H97NO9. The lowest BCUT2D eigenvalue weighted by Crippen LogP contribution is -2.88. The summed E-state index contributed by atoms with van der Waals surface area (Å²) in [6.45, 7) is 2.34. The van der Waals surface area contributed by atoms with Gasteiger partial charge < -0.3 is 45.1 Å². The Morgan fingerprint density at radius 3 is 2.31 bits per heavy atom. The van der Waals surface area contributed by atoms with Crippen molar-refractivity contribution in [3.05, 3.63) is 118 Å². The molecule has 10 nitrogen and oxygen atoms in total. The van der Waals surface area contributed by atoms with Gasteiger partial charge in [-0.15, -0.1) is 0 Å². The molecule has 472 valence electrons. The average molecular weight is 1200 g/mol. The summed E-state index contributed by atoms with van der Waals surface area (Å²) in [5.41, 5.74) is -1.95. The third kappa shape index (κ3) is 7.32. The second-order valence-electron chi connectivity index (χ2n) is 33.7. The van der Waals surface area contributed by atoms with E-state index in [9.17, 15) is 15.0 Å². The first kappa shape index (κ1) is 57.5. The van der Waals surface area contributed by atoms with Crippen LogP contribution in [0.4, 0.5) is 0 Å². The minimum absolute atomic E-state index is 0.0564. The number of carbonyl (C=O) groups is 2. The highest BCUT2D eigenvalue weighted by Gasteiger charge is 2.90. The monoisotopic (exact) mass is 1200 g/mol. The smallest absolute Gasteiger partial charge is 0.331 e. The highest BCUT2D eigenvalue weighted by Crippen LogP contribution is 2.86. The van der Waals surface area contributed by atoms with Gasteiger partial charge in [-0.05, 0) is 259 Å². The van der Waals surface area contributed by atoms with Crippen LogP contribution in [0.15, 0.2) is 84.4 Å². The molecular weight excluding hydrogens is 1110 g/mol. The van der Waals surface area contributed by atoms with E-state index < -0.39 is 68.4 Å². The Kier molecular flexibility index (Phi) is 12.9. The summed E-state index contributed by atoms with van der Waals surface area (Å²) in [4.78, 5) is 30.5. The fraction of sp³-hybridized carbons (Fsp3) is 0.696. The van der Waals surface area contributed by atoms with Crippen molar-refractivity contribution in [2.45, 2.75) is 227 Å². The molecule has 3 aromatic carbocycles. The van der Waals surface area contributed by atoms with Gasteiger partial charge in [0.05, 0.1) is 35.9 Å². The van der Waals surface area contributed by atoms with E-state index in [1.165, 1.54) is 29.4 Å². The van der Waals surface area contributed by atoms with Crippen molar-refractivity contribution in [1.29, 1.82) is 0 Å². The van der Waals surface area contributed by atoms with Gasteiger partial charge >= 0.3 is 5.97 Å². The molecule has 11 saturated carbocycles. The summed E-state index contributed by atoms with van der Waals surface area (Å²) in [6.07, 6.45) is 20.8. The van der Waals surface area contributed by atoms with E-state index >= 15 is 20.1 Å². The van der Waals surface area contributed by atoms with Crippen LogP contribution in [0.3, 0.4) is 0 Å². The Morgan fingerprint density at radius 1 is 0.730 bits per heavy atom. The molecule has 3 aliphatic heterocycles. The number of aldehydes is 1. The second kappa shape index (κ2) is 19.9. The topological polar surface area (TPSA) is 166 Å². The summed E-state index contributed by atoms with van der Waals surface area (Å²) < 4.78 is 14.8. The molecule has 19 rings (SSSR count). The van der Waals surface area contributed by atoms with E-state index in [0.29, 0.717) is 75.0 Å². The number of likely N-dealkylation sites (N-methyl/N-ethyl adjacent to an activating group) is 1. The van der Waals surface area contributed by atoms with Gasteiger partial charge in [-0.1, -0.05) is 98.3 Å². The first-order valence-electron chi connectivity index (χ1n) is 36.0. The van der Waals surface area contributed by atoms with Crippen molar-refractivity contribution in [3.8, 4) is 11.8 Å². The van der Waals surface area contributed by atoms with E-state index in [2.05, 4.69) is 84.7 Å². The SMILES string of the molecule is CN[C@@H]1Cc2c(cccc2CO)C#CC2(CCCC2)C[C@]23CC[C@H]4[C@@](O)([C@H](O)[C@H]5C[C@@H]6CC[C@H]7[C@H]8O[C@@H](Cc9cccc(c9)C[C@H]9CC[C@H](C9)[C@H]6C)[C@@H]6CC[C@@]9%10CC[C@H](c%11ccccc%11)C[C@H]9C[C@@H]6[C@@]8%10C[C@@]4(C=O)[C@]57O)[C@@]2(O)C[C@H]2C[C@@H]1[C@H]1OC(=O)C=C1[C@@H]23. The standard InChI is InChI=1S/C79H97NO9/c1-45-51-17-16-48(32-51)31-46-10-8-11-47(30-46)33-65-57-22-28-73-27-21-53(49-12-4-3-5-13-49)34-56(73)37-62(57)76(73)43-75(44-82)66-23-29-74-42-72(24-6-7-25-72)26-20-50-14-9-15-54(41-81)58(50)38-64(80-2)59-35-55(68(74)60-39-67(83)89-69(59)60)40-77(74,85)79(66,87)70(84)63-36-52(45)18-19-61(71(76)88-65)78(63,75)86/h3-5,8-15,30,39,44-45,48,51-53,55-57,59,61-66,68-71,80-81,84-87H,6-7,16-19,21-25,27-29,31-38,40-43H2,1-2H3/t45-,48-,51-,52+,53+,55-,56+,57-,59+,61+,62+,63-,64-,65+,66-,68-,69-,70-,71-,73+,74+,75+,76+,77-,78-,79-/m1/s1. The van der Waals surface area contributed by atoms with Crippen LogP contribution in [0.5, 0.6) is 0 Å². The van der Waals surface area contributed by atoms with E-state index in [4.69, 9.17) is 9.47 Å². The van der Waals surface area contributed by atoms with Crippen LogP contribution in [-0.2, 0) is 44.9 Å². The van der Waals surface area contributed by atoms with Crippen LogP contribution >= 0.6 is 0 Å². The molecule has 3 aromatic rings. The Morgan fingerprint density at radius 2 is 1.51 bits per heavy atom. The number of nitrogens with one attached hydrogen (secondary N) is 1. The van der Waals surface area contributed by atoms with E-state index in [0.717, 1.165) is 119 Å². The average Bonchev–Trinajstić information content (AvgIpc) is 1.61. The quantitative estimate of drug-likeness (QED) is 0.0841. The number of esters is 1. The van der Waals surface area contributed by atoms with E-state index in [-0.39, 0.29) is 84.1 Å². The summed E-state index contributed by atoms with van der Waals surface area (Å²) in [5.74, 6) is 7.00. The van der Waals surface area contributed by atoms with Crippen molar-refractivity contribution in [2.24, 2.45) is 104 Å². The molecule has 10 heteroatoms. The largest absolute Gasteiger partial charge is 0.454 e. The molecule has 89 heavy (non-hydrogen) atoms. The van der Waals surface area contributed by atoms with Crippen LogP contribution < -0.4 is 5.32 Å². The predicted molar refractivity (Wildman–Crippen MR) is 337 cm³/mol. The molecule has 0 radical (unpaired) electrons. The zero-order valence-electron chi connectivity index (χ0n) is 52.8. The molecule has 16 bridgehead atoms. The van der Waals surface area contributed by atoms with Gasteiger partial charge in [-0.3, -0.25) is 0 Å². The highest BCUT2D eigenvalue weighted by molar-refractivity contribution is 5.86. The maximum atomic E-state index is 16.3. The molecule has 3 heterocycles. The van der Waals surface area contributed by atoms with Crippen molar-refractivity contribution in [1.82, 2.24) is 5.32 Å². The number of benzene rings is 3. The van der Waals surface area contributed by atoms with Crippen LogP contribution in [0.2, 0.25) is 0 Å². The fourth-order valence-corrected chi connectivity index (χ4v) is 28.3. The number of aliphatic hydroxyl groups is 5. The van der Waals surface area contributed by atoms with Gasteiger partial charge in [0.15, 0.2) is 0 Å². The minimum Gasteiger partial charge on any atom is -0.454 e. The van der Waals surface area contributed by atoms with Crippen LogP contribution in [0, 0.1) is 116 Å². The maximum Gasteiger partial charge on any atom is 0.331 e. The van der Waals surface area contributed by atoms with Gasteiger partial charge in [0.25, 0.3) is 0 Å². The molecule has 13 aliphatic carbocycles. The molecule has 16 aliphatic rings. The molecule has 4 spiro atoms. The van der Waals surface area contributed by atoms with Crippen molar-refractivity contribution < 1.29 is 44.6 Å². The van der Waals surface area contributed by atoms with Crippen LogP contribution in [0.1, 0.15) is 187 Å². The number of fused-ring (bicyclic) bond motifs is 12. The lowest BCUT2D eigenvalue weighted by Gasteiger charge is -2.78. The number of hydrogen-bond acceptors (Lipinski definition) is 10. The Labute approximate surface area is 527 Å². The van der Waals surface area contributed by atoms with Crippen molar-refractivity contribution in [2.75, 3.05) is 7.05 Å². The van der Waals surface area contributed by atoms with Crippen molar-refractivity contribution in [3.63, 3.8) is 0 Å². The summed E-state index contributed by atoms with van der Waals surface area (Å²) >= 11 is 0. The lowest BCUT2D eigenvalue weighted by atomic mass is 9.29. The second-order valence-corrected chi connectivity index (χ2v) is 33.7. The van der Waals surface area contributed by atoms with Crippen LogP contribution in [-0.4, -0.2) is 92.1 Å². The number of carbonyl (C=O) groups excluding carboxylic acids is 2. The summed E-state index contributed by atoms with van der Waals surface area (Å²) in [6, 6.07) is 26.5. The normalized spacial score (nSPS) is 50.5. The number of rotatable bonds is 4. The van der Waals surface area contributed by atoms with Gasteiger partial charge in [-0.2, -0.15) is 0 Å². The predicted octanol–water partition coefficient (Wildman–Crippen LogP) is 11.3. The summed E-state index contributed by atoms with van der Waals surface area (Å²) in [7, 11) is 1.97. The first-order valence-corrected chi connectivity index (χ1v) is 36.0. The number of aliphatic hydroxyl groups excluding tert-OH is 2. The Hall–Kier alpha value is -4.18. The lowest BCUT2D eigenvalue weighted by molar-refractivity contribution is -0.405. The molecule has 0 amide bonds. The van der Waals surface area contributed by atoms with Gasteiger partial charge in [0, 0.05) is 57.6 Å². The van der Waals surface area contributed by atoms with Gasteiger partial charge in [0.2, 0.25) is 0 Å². The van der Waals surface area contributed by atoms with E-state index in [1.54, 1.807) is 6.08 Å². The third-order valence-electron chi connectivity index (χ3n) is 31.5. The third-order valence-corrected chi connectivity index (χ3v) is 31.5. The highest BCUT2D eigenvalue weighted by atomic mass is 16.5.